The molecule has 2 heterocycles. The van der Waals surface area contributed by atoms with Gasteiger partial charge >= 0.3 is 5.97 Å². The van der Waals surface area contributed by atoms with Gasteiger partial charge in [0, 0.05) is 30.7 Å². The van der Waals surface area contributed by atoms with Crippen LogP contribution in [0.15, 0.2) is 29.9 Å². The Bertz CT molecular complexity index is 542. The molecular formula is C14H17N3O2S. The van der Waals surface area contributed by atoms with Gasteiger partial charge in [-0.1, -0.05) is 0 Å². The van der Waals surface area contributed by atoms with Crippen LogP contribution < -0.4 is 5.32 Å². The largest absolute Gasteiger partial charge is 0.469 e. The molecule has 2 rings (SSSR count). The molecule has 0 atom stereocenters. The molecule has 5 nitrogen and oxygen atoms in total. The molecule has 0 saturated carbocycles. The van der Waals surface area contributed by atoms with Crippen LogP contribution in [0, 0.1) is 0 Å². The van der Waals surface area contributed by atoms with Crippen molar-refractivity contribution < 1.29 is 9.53 Å². The third kappa shape index (κ3) is 4.62. The Morgan fingerprint density at radius 1 is 1.35 bits per heavy atom. The number of anilines is 1. The molecular weight excluding hydrogens is 274 g/mol. The Morgan fingerprint density at radius 2 is 2.15 bits per heavy atom. The second kappa shape index (κ2) is 7.59. The first-order chi connectivity index (χ1) is 9.78. The topological polar surface area (TPSA) is 64.1 Å². The van der Waals surface area contributed by atoms with E-state index in [-0.39, 0.29) is 5.97 Å². The summed E-state index contributed by atoms with van der Waals surface area (Å²) in [7, 11) is 1.40. The number of nitrogens with one attached hydrogen (secondary N) is 1. The highest BCUT2D eigenvalue weighted by Gasteiger charge is 2.05. The quantitative estimate of drug-likeness (QED) is 0.793. The third-order valence-corrected chi connectivity index (χ3v) is 3.65. The van der Waals surface area contributed by atoms with Crippen molar-refractivity contribution in [1.82, 2.24) is 9.97 Å². The number of aryl methyl sites for hydroxylation is 1. The van der Waals surface area contributed by atoms with E-state index in [1.807, 2.05) is 17.5 Å². The Kier molecular flexibility index (Phi) is 5.49. The second-order valence-corrected chi connectivity index (χ2v) is 5.11. The standard InChI is InChI=1S/C14H17N3O2S/c1-19-13(18)3-2-12-10-20-14(17-12)16-9-6-11-4-7-15-8-5-11/h4-5,7-8,10H,2-3,6,9H2,1H3,(H,16,17). The molecule has 0 fully saturated rings. The van der Waals surface area contributed by atoms with Crippen LogP contribution in [0.1, 0.15) is 17.7 Å². The molecule has 0 aliphatic carbocycles. The maximum Gasteiger partial charge on any atom is 0.305 e. The number of rotatable bonds is 7. The molecule has 0 aromatic carbocycles. The molecule has 0 aliphatic heterocycles. The van der Waals surface area contributed by atoms with Crippen molar-refractivity contribution >= 4 is 22.4 Å². The van der Waals surface area contributed by atoms with Gasteiger partial charge in [-0.2, -0.15) is 0 Å². The summed E-state index contributed by atoms with van der Waals surface area (Å²) < 4.78 is 4.61. The van der Waals surface area contributed by atoms with E-state index in [1.54, 1.807) is 23.7 Å². The Hall–Kier alpha value is -1.95. The van der Waals surface area contributed by atoms with Crippen LogP contribution in [0.25, 0.3) is 0 Å². The molecule has 0 saturated heterocycles. The first kappa shape index (κ1) is 14.5. The van der Waals surface area contributed by atoms with Crippen molar-refractivity contribution in [3.05, 3.63) is 41.2 Å². The van der Waals surface area contributed by atoms with Crippen LogP contribution >= 0.6 is 11.3 Å². The molecule has 0 radical (unpaired) electrons. The van der Waals surface area contributed by atoms with Gasteiger partial charge in [0.2, 0.25) is 0 Å². The fraction of sp³-hybridized carbons (Fsp3) is 0.357. The molecule has 1 N–H and O–H groups in total. The van der Waals surface area contributed by atoms with Gasteiger partial charge in [-0.3, -0.25) is 9.78 Å². The Labute approximate surface area is 122 Å². The molecule has 0 aliphatic rings. The fourth-order valence-corrected chi connectivity index (χ4v) is 2.47. The minimum absolute atomic E-state index is 0.204. The average molecular weight is 291 g/mol. The van der Waals surface area contributed by atoms with E-state index >= 15 is 0 Å². The number of carbonyl (C=O) groups excluding carboxylic acids is 1. The number of pyridine rings is 1. The smallest absolute Gasteiger partial charge is 0.305 e. The van der Waals surface area contributed by atoms with E-state index in [0.717, 1.165) is 23.8 Å². The number of hydrogen-bond donors (Lipinski definition) is 1. The summed E-state index contributed by atoms with van der Waals surface area (Å²) in [6, 6.07) is 4.01. The van der Waals surface area contributed by atoms with E-state index < -0.39 is 0 Å². The molecule has 20 heavy (non-hydrogen) atoms. The van der Waals surface area contributed by atoms with Crippen LogP contribution in [-0.2, 0) is 22.4 Å². The number of nitrogens with zero attached hydrogens (tertiary/aromatic N) is 2. The van der Waals surface area contributed by atoms with E-state index in [4.69, 9.17) is 0 Å². The average Bonchev–Trinajstić information content (AvgIpc) is 2.94. The monoisotopic (exact) mass is 291 g/mol. The summed E-state index contributed by atoms with van der Waals surface area (Å²) in [5, 5.41) is 6.14. The van der Waals surface area contributed by atoms with Crippen molar-refractivity contribution in [3.63, 3.8) is 0 Å². The summed E-state index contributed by atoms with van der Waals surface area (Å²) in [6.45, 7) is 0.827. The fourth-order valence-electron chi connectivity index (χ4n) is 1.70. The third-order valence-electron chi connectivity index (χ3n) is 2.80. The Balaban J connectivity index is 1.74. The van der Waals surface area contributed by atoms with Crippen LogP contribution in [0.3, 0.4) is 0 Å². The highest BCUT2D eigenvalue weighted by atomic mass is 32.1. The minimum atomic E-state index is -0.204. The zero-order valence-electron chi connectivity index (χ0n) is 11.3. The number of thiazole rings is 1. The lowest BCUT2D eigenvalue weighted by atomic mass is 10.2. The van der Waals surface area contributed by atoms with Crippen LogP contribution in [0.5, 0.6) is 0 Å². The molecule has 2 aromatic heterocycles. The first-order valence-corrected chi connectivity index (χ1v) is 7.30. The maximum absolute atomic E-state index is 11.1. The van der Waals surface area contributed by atoms with Gasteiger partial charge in [-0.15, -0.1) is 11.3 Å². The van der Waals surface area contributed by atoms with Gasteiger partial charge in [-0.25, -0.2) is 4.98 Å². The van der Waals surface area contributed by atoms with Gasteiger partial charge in [0.25, 0.3) is 0 Å². The van der Waals surface area contributed by atoms with E-state index in [1.165, 1.54) is 12.7 Å². The number of ether oxygens (including phenoxy) is 1. The van der Waals surface area contributed by atoms with Crippen LogP contribution in [0.2, 0.25) is 0 Å². The molecule has 0 spiro atoms. The molecule has 0 bridgehead atoms. The van der Waals surface area contributed by atoms with Gasteiger partial charge in [0.05, 0.1) is 19.2 Å². The summed E-state index contributed by atoms with van der Waals surface area (Å²) >= 11 is 1.56. The van der Waals surface area contributed by atoms with Crippen molar-refractivity contribution in [3.8, 4) is 0 Å². The van der Waals surface area contributed by atoms with Gasteiger partial charge < -0.3 is 10.1 Å². The summed E-state index contributed by atoms with van der Waals surface area (Å²) in [4.78, 5) is 19.5. The SMILES string of the molecule is COC(=O)CCc1csc(NCCc2ccncc2)n1. The lowest BCUT2D eigenvalue weighted by Gasteiger charge is -2.02. The predicted molar refractivity (Wildman–Crippen MR) is 78.9 cm³/mol. The lowest BCUT2D eigenvalue weighted by Crippen LogP contribution is -2.05. The van der Waals surface area contributed by atoms with Crippen molar-refractivity contribution in [2.45, 2.75) is 19.3 Å². The number of methoxy groups -OCH3 is 1. The number of hydrogen-bond acceptors (Lipinski definition) is 6. The van der Waals surface area contributed by atoms with Crippen molar-refractivity contribution in [2.24, 2.45) is 0 Å². The van der Waals surface area contributed by atoms with Crippen molar-refractivity contribution in [1.29, 1.82) is 0 Å². The minimum Gasteiger partial charge on any atom is -0.469 e. The normalized spacial score (nSPS) is 10.2. The van der Waals surface area contributed by atoms with E-state index in [9.17, 15) is 4.79 Å². The van der Waals surface area contributed by atoms with Gasteiger partial charge in [-0.05, 0) is 24.1 Å². The second-order valence-electron chi connectivity index (χ2n) is 4.25. The molecule has 6 heteroatoms. The van der Waals surface area contributed by atoms with Gasteiger partial charge in [0.1, 0.15) is 0 Å². The summed E-state index contributed by atoms with van der Waals surface area (Å²) in [5.74, 6) is -0.204. The molecule has 106 valence electrons. The summed E-state index contributed by atoms with van der Waals surface area (Å²) in [5.41, 5.74) is 2.17. The van der Waals surface area contributed by atoms with Crippen molar-refractivity contribution in [2.75, 3.05) is 19.0 Å². The zero-order valence-corrected chi connectivity index (χ0v) is 12.2. The number of carbonyl (C=O) groups is 1. The zero-order chi connectivity index (χ0) is 14.2. The molecule has 2 aromatic rings. The molecule has 0 amide bonds. The van der Waals surface area contributed by atoms with Crippen LogP contribution in [0.4, 0.5) is 5.13 Å². The van der Waals surface area contributed by atoms with Gasteiger partial charge in [0.15, 0.2) is 5.13 Å². The van der Waals surface area contributed by atoms with E-state index in [0.29, 0.717) is 12.8 Å². The Morgan fingerprint density at radius 3 is 2.90 bits per heavy atom. The highest BCUT2D eigenvalue weighted by molar-refractivity contribution is 7.13. The predicted octanol–water partition coefficient (Wildman–Crippen LogP) is 2.30. The number of esters is 1. The first-order valence-electron chi connectivity index (χ1n) is 6.42. The van der Waals surface area contributed by atoms with Crippen LogP contribution in [-0.4, -0.2) is 29.6 Å². The molecule has 0 unspecified atom stereocenters. The number of aromatic nitrogens is 2. The maximum atomic E-state index is 11.1. The lowest BCUT2D eigenvalue weighted by molar-refractivity contribution is -0.140. The highest BCUT2D eigenvalue weighted by Crippen LogP contribution is 2.16. The van der Waals surface area contributed by atoms with E-state index in [2.05, 4.69) is 20.0 Å². The summed E-state index contributed by atoms with van der Waals surface area (Å²) in [6.07, 6.45) is 5.51.